The highest BCUT2D eigenvalue weighted by molar-refractivity contribution is 5.84. The van der Waals surface area contributed by atoms with Gasteiger partial charge in [0.25, 0.3) is 5.56 Å². The largest absolute Gasteiger partial charge is 0.483 e. The van der Waals surface area contributed by atoms with Crippen molar-refractivity contribution in [2.24, 2.45) is 0 Å². The number of carbonyl (C=O) groups excluding carboxylic acids is 1. The molecule has 0 saturated carbocycles. The maximum Gasteiger partial charge on any atom is 0.250 e. The Hall–Kier alpha value is -3.56. The van der Waals surface area contributed by atoms with Crippen molar-refractivity contribution in [2.45, 2.75) is 13.5 Å². The first-order valence-corrected chi connectivity index (χ1v) is 8.69. The lowest BCUT2D eigenvalue weighted by Crippen LogP contribution is -2.18. The summed E-state index contributed by atoms with van der Waals surface area (Å²) in [5.74, 6) is 2.03. The van der Waals surface area contributed by atoms with E-state index < -0.39 is 0 Å². The molecule has 0 radical (unpaired) electrons. The summed E-state index contributed by atoms with van der Waals surface area (Å²) in [6.45, 7) is 2.76. The van der Waals surface area contributed by atoms with Crippen LogP contribution < -0.4 is 10.9 Å². The van der Waals surface area contributed by atoms with E-state index in [9.17, 15) is 9.59 Å². The maximum atomic E-state index is 11.8. The summed E-state index contributed by atoms with van der Waals surface area (Å²) in [6.07, 6.45) is 1.77. The lowest BCUT2D eigenvalue weighted by molar-refractivity contribution is 0.299. The van der Waals surface area contributed by atoms with Gasteiger partial charge in [0.05, 0.1) is 13.2 Å². The van der Waals surface area contributed by atoms with Crippen LogP contribution in [-0.4, -0.2) is 17.1 Å². The number of hydrogen-bond donors (Lipinski definition) is 1. The number of benzene rings is 2. The molecule has 3 aromatic rings. The minimum absolute atomic E-state index is 0.0233. The van der Waals surface area contributed by atoms with Gasteiger partial charge in [-0.25, -0.2) is 4.79 Å². The molecule has 0 amide bonds. The van der Waals surface area contributed by atoms with Crippen molar-refractivity contribution < 1.29 is 9.53 Å². The average Bonchev–Trinajstić information content (AvgIpc) is 2.69. The molecule has 5 nitrogen and oxygen atoms in total. The van der Waals surface area contributed by atoms with Crippen LogP contribution in [0.4, 0.5) is 11.4 Å². The van der Waals surface area contributed by atoms with Crippen LogP contribution in [0.5, 0.6) is 0 Å². The van der Waals surface area contributed by atoms with E-state index in [1.165, 1.54) is 0 Å². The Labute approximate surface area is 157 Å². The summed E-state index contributed by atoms with van der Waals surface area (Å²) in [7, 11) is 0. The third-order valence-electron chi connectivity index (χ3n) is 4.00. The van der Waals surface area contributed by atoms with Crippen molar-refractivity contribution in [3.63, 3.8) is 0 Å². The van der Waals surface area contributed by atoms with Gasteiger partial charge in [-0.05, 0) is 42.8 Å². The molecule has 3 rings (SSSR count). The summed E-state index contributed by atoms with van der Waals surface area (Å²) in [4.78, 5) is 22.8. The molecule has 0 unspecified atom stereocenters. The van der Waals surface area contributed by atoms with Gasteiger partial charge in [-0.1, -0.05) is 30.3 Å². The molecule has 0 atom stereocenters. The number of nitrogens with one attached hydrogen (secondary N) is 1. The Balaban J connectivity index is 1.72. The molecule has 0 aliphatic carbocycles. The Morgan fingerprint density at radius 2 is 1.85 bits per heavy atom. The van der Waals surface area contributed by atoms with Crippen molar-refractivity contribution >= 4 is 23.1 Å². The fourth-order valence-corrected chi connectivity index (χ4v) is 2.70. The van der Waals surface area contributed by atoms with Gasteiger partial charge in [0.1, 0.15) is 0 Å². The highest BCUT2D eigenvalue weighted by Crippen LogP contribution is 2.22. The van der Waals surface area contributed by atoms with Crippen LogP contribution in [0.25, 0.3) is 5.76 Å². The molecule has 1 heterocycles. The second kappa shape index (κ2) is 8.70. The number of hydrogen-bond acceptors (Lipinski definition) is 4. The van der Waals surface area contributed by atoms with E-state index in [2.05, 4.69) is 5.32 Å². The zero-order valence-corrected chi connectivity index (χ0v) is 15.0. The van der Waals surface area contributed by atoms with E-state index in [1.54, 1.807) is 22.9 Å². The number of aromatic nitrogens is 1. The molecule has 136 valence electrons. The normalized spacial score (nSPS) is 10.1. The maximum absolute atomic E-state index is 11.8. The highest BCUT2D eigenvalue weighted by atomic mass is 16.5. The molecular formula is C22H20N2O3. The second-order valence-electron chi connectivity index (χ2n) is 5.93. The van der Waals surface area contributed by atoms with Gasteiger partial charge < -0.3 is 14.6 Å². The monoisotopic (exact) mass is 360 g/mol. The van der Waals surface area contributed by atoms with Crippen molar-refractivity contribution in [2.75, 3.05) is 11.9 Å². The standard InChI is InChI=1S/C22H20N2O3/c1-2-27-21(16-25)18-6-5-7-20(14-18)23-19-11-9-17(10-12-19)15-24-13-4-3-8-22(24)26/h3-14,23H,2,15H2,1H3. The molecule has 1 N–H and O–H groups in total. The molecular weight excluding hydrogens is 340 g/mol. The molecule has 0 aliphatic rings. The number of pyridine rings is 1. The van der Waals surface area contributed by atoms with Gasteiger partial charge in [0, 0.05) is 29.2 Å². The van der Waals surface area contributed by atoms with Gasteiger partial charge in [0.2, 0.25) is 5.76 Å². The lowest BCUT2D eigenvalue weighted by atomic mass is 10.1. The van der Waals surface area contributed by atoms with Crippen molar-refractivity contribution in [1.82, 2.24) is 4.57 Å². The van der Waals surface area contributed by atoms with Gasteiger partial charge in [0.15, 0.2) is 5.94 Å². The van der Waals surface area contributed by atoms with Crippen molar-refractivity contribution in [3.8, 4) is 0 Å². The molecule has 2 aromatic carbocycles. The number of ether oxygens (including phenoxy) is 1. The van der Waals surface area contributed by atoms with E-state index in [1.807, 2.05) is 67.5 Å². The molecule has 0 spiro atoms. The highest BCUT2D eigenvalue weighted by Gasteiger charge is 2.05. The SMILES string of the molecule is CCOC(=C=O)c1cccc(Nc2ccc(Cn3ccccc3=O)cc2)c1. The average molecular weight is 360 g/mol. The zero-order valence-electron chi connectivity index (χ0n) is 15.0. The fourth-order valence-electron chi connectivity index (χ4n) is 2.70. The Bertz CT molecular complexity index is 1020. The van der Waals surface area contributed by atoms with E-state index in [4.69, 9.17) is 4.74 Å². The van der Waals surface area contributed by atoms with E-state index >= 15 is 0 Å². The van der Waals surface area contributed by atoms with Crippen LogP contribution in [0.1, 0.15) is 18.1 Å². The molecule has 0 saturated heterocycles. The van der Waals surface area contributed by atoms with Crippen molar-refractivity contribution in [3.05, 3.63) is 94.4 Å². The summed E-state index contributed by atoms with van der Waals surface area (Å²) in [6, 6.07) is 20.4. The van der Waals surface area contributed by atoms with Gasteiger partial charge in [-0.2, -0.15) is 0 Å². The fraction of sp³-hybridized carbons (Fsp3) is 0.136. The summed E-state index contributed by atoms with van der Waals surface area (Å²) in [5.41, 5.74) is 3.43. The zero-order chi connectivity index (χ0) is 19.1. The third-order valence-corrected chi connectivity index (χ3v) is 4.00. The third kappa shape index (κ3) is 4.75. The molecule has 0 bridgehead atoms. The van der Waals surface area contributed by atoms with Gasteiger partial charge in [-0.15, -0.1) is 0 Å². The first-order valence-electron chi connectivity index (χ1n) is 8.69. The number of anilines is 2. The summed E-state index contributed by atoms with van der Waals surface area (Å²) >= 11 is 0. The lowest BCUT2D eigenvalue weighted by Gasteiger charge is -2.10. The first-order chi connectivity index (χ1) is 13.2. The summed E-state index contributed by atoms with van der Waals surface area (Å²) < 4.78 is 6.96. The predicted octanol–water partition coefficient (Wildman–Crippen LogP) is 3.85. The molecule has 5 heteroatoms. The Kier molecular flexibility index (Phi) is 5.87. The second-order valence-corrected chi connectivity index (χ2v) is 5.93. The topological polar surface area (TPSA) is 60.3 Å². The van der Waals surface area contributed by atoms with Crippen LogP contribution in [0.15, 0.2) is 77.7 Å². The molecule has 0 aliphatic heterocycles. The Morgan fingerprint density at radius 3 is 2.56 bits per heavy atom. The molecule has 27 heavy (non-hydrogen) atoms. The van der Waals surface area contributed by atoms with Gasteiger partial charge >= 0.3 is 0 Å². The van der Waals surface area contributed by atoms with E-state index in [0.29, 0.717) is 18.7 Å². The number of rotatable bonds is 7. The molecule has 0 fully saturated rings. The van der Waals surface area contributed by atoms with Crippen LogP contribution in [-0.2, 0) is 16.1 Å². The minimum Gasteiger partial charge on any atom is -0.483 e. The van der Waals surface area contributed by atoms with Crippen LogP contribution in [0.3, 0.4) is 0 Å². The molecule has 1 aromatic heterocycles. The summed E-state index contributed by atoms with van der Waals surface area (Å²) in [5, 5.41) is 3.30. The predicted molar refractivity (Wildman–Crippen MR) is 107 cm³/mol. The smallest absolute Gasteiger partial charge is 0.250 e. The van der Waals surface area contributed by atoms with Crippen LogP contribution in [0.2, 0.25) is 0 Å². The van der Waals surface area contributed by atoms with Crippen molar-refractivity contribution in [1.29, 1.82) is 0 Å². The van der Waals surface area contributed by atoms with Gasteiger partial charge in [-0.3, -0.25) is 4.79 Å². The van der Waals surface area contributed by atoms with Crippen LogP contribution >= 0.6 is 0 Å². The van der Waals surface area contributed by atoms with Crippen LogP contribution in [0, 0.1) is 0 Å². The minimum atomic E-state index is -0.0233. The van der Waals surface area contributed by atoms with E-state index in [-0.39, 0.29) is 11.3 Å². The quantitative estimate of drug-likeness (QED) is 0.514. The Morgan fingerprint density at radius 1 is 1.04 bits per heavy atom. The number of nitrogens with zero attached hydrogens (tertiary/aromatic N) is 1. The first kappa shape index (κ1) is 18.2. The van der Waals surface area contributed by atoms with E-state index in [0.717, 1.165) is 16.9 Å².